The molecule has 0 aliphatic rings. The maximum Gasteiger partial charge on any atom is 0.136 e. The second-order valence-electron chi connectivity index (χ2n) is 10.6. The quantitative estimate of drug-likeness (QED) is 0.187. The lowest BCUT2D eigenvalue weighted by Crippen LogP contribution is -1.92. The molecule has 0 atom stereocenters. The smallest absolute Gasteiger partial charge is 0.136 e. The van der Waals surface area contributed by atoms with Crippen molar-refractivity contribution in [2.75, 3.05) is 0 Å². The number of fused-ring (bicyclic) bond motifs is 5. The molecule has 0 amide bonds. The number of benzene rings is 8. The van der Waals surface area contributed by atoms with Crippen LogP contribution in [0.1, 0.15) is 19.2 Å². The normalized spacial score (nSPS) is 15.9. The zero-order valence-corrected chi connectivity index (χ0v) is 23.5. The second kappa shape index (κ2) is 10.4. The first kappa shape index (κ1) is 15.2. The van der Waals surface area contributed by atoms with Crippen LogP contribution in [0.3, 0.4) is 0 Å². The zero-order valence-electron chi connectivity index (χ0n) is 37.5. The summed E-state index contributed by atoms with van der Waals surface area (Å²) in [4.78, 5) is 0. The van der Waals surface area contributed by atoms with E-state index < -0.39 is 78.1 Å². The van der Waals surface area contributed by atoms with Crippen molar-refractivity contribution in [3.05, 3.63) is 170 Å². The molecule has 1 heterocycles. The summed E-state index contributed by atoms with van der Waals surface area (Å²) in [6, 6.07) is 17.8. The number of para-hydroxylation sites is 1. The summed E-state index contributed by atoms with van der Waals surface area (Å²) in [6.07, 6.45) is 0. The highest BCUT2D eigenvalue weighted by molar-refractivity contribution is 6.26. The Labute approximate surface area is 281 Å². The van der Waals surface area contributed by atoms with Gasteiger partial charge in [0.1, 0.15) is 11.2 Å². The number of hydrogen-bond donors (Lipinski definition) is 0. The molecular formula is C44H28O. The van der Waals surface area contributed by atoms with Crippen LogP contribution in [-0.2, 0) is 0 Å². The van der Waals surface area contributed by atoms with Crippen molar-refractivity contribution in [1.29, 1.82) is 0 Å². The van der Waals surface area contributed by atoms with Crippen LogP contribution in [-0.4, -0.2) is 0 Å². The predicted molar refractivity (Wildman–Crippen MR) is 190 cm³/mol. The van der Waals surface area contributed by atoms with E-state index in [0.29, 0.717) is 60.4 Å². The van der Waals surface area contributed by atoms with Crippen molar-refractivity contribution in [2.24, 2.45) is 0 Å². The average molecular weight is 587 g/mol. The third-order valence-corrected chi connectivity index (χ3v) is 8.09. The molecular weight excluding hydrogens is 544 g/mol. The Bertz CT molecular complexity index is 3220. The highest BCUT2D eigenvalue weighted by Gasteiger charge is 2.21. The van der Waals surface area contributed by atoms with E-state index in [-0.39, 0.29) is 28.8 Å². The molecule has 1 nitrogen and oxygen atoms in total. The SMILES string of the molecule is [2H]c1c([2H])c([2H])c(-c2cc(-c3c4ccccc4c(-c4c([2H])c([2H])c([2H])c(-c5c([2H])c([2H])c([2H])c([2H])c5[2H])c4[2H])c4ccccc34)c3c(c2)oc2ccccc23)c([2H])c1[2H]. The Kier molecular flexibility index (Phi) is 3.50. The van der Waals surface area contributed by atoms with E-state index in [2.05, 4.69) is 0 Å². The van der Waals surface area contributed by atoms with Gasteiger partial charge >= 0.3 is 0 Å². The van der Waals surface area contributed by atoms with Crippen molar-refractivity contribution < 1.29 is 23.6 Å². The van der Waals surface area contributed by atoms with Gasteiger partial charge in [0, 0.05) is 10.8 Å². The molecule has 8 aromatic carbocycles. The molecule has 45 heavy (non-hydrogen) atoms. The van der Waals surface area contributed by atoms with Gasteiger partial charge in [0.25, 0.3) is 0 Å². The van der Waals surface area contributed by atoms with Crippen molar-refractivity contribution in [1.82, 2.24) is 0 Å². The molecule has 0 saturated carbocycles. The topological polar surface area (TPSA) is 13.1 Å². The monoisotopic (exact) mass is 586 g/mol. The molecule has 9 rings (SSSR count). The molecule has 0 fully saturated rings. The largest absolute Gasteiger partial charge is 0.456 e. The first-order chi connectivity index (χ1) is 28.1. The van der Waals surface area contributed by atoms with E-state index in [0.717, 1.165) is 5.39 Å². The number of furan rings is 1. The zero-order chi connectivity index (χ0) is 41.9. The molecule has 0 saturated heterocycles. The number of hydrogen-bond acceptors (Lipinski definition) is 1. The van der Waals surface area contributed by atoms with Crippen LogP contribution < -0.4 is 0 Å². The minimum Gasteiger partial charge on any atom is -0.456 e. The van der Waals surface area contributed by atoms with Gasteiger partial charge in [-0.25, -0.2) is 0 Å². The second-order valence-corrected chi connectivity index (χ2v) is 10.6. The van der Waals surface area contributed by atoms with E-state index in [9.17, 15) is 2.74 Å². The summed E-state index contributed by atoms with van der Waals surface area (Å²) in [5, 5.41) is 3.75. The standard InChI is InChI=1S/C44H28O/c1-3-14-29(15-4-1)31-18-13-19-32(26-31)42-34-20-7-9-22-36(34)43(37-23-10-8-21-35(37)42)39-27-33(30-16-5-2-6-17-30)28-41-44(39)38-24-11-12-25-40(38)45-41/h1-28H/i1D,2D,3D,4D,5D,6D,13D,14D,15D,16D,17D,18D,19D,26D. The van der Waals surface area contributed by atoms with Crippen molar-refractivity contribution in [2.45, 2.75) is 0 Å². The highest BCUT2D eigenvalue weighted by Crippen LogP contribution is 2.48. The lowest BCUT2D eigenvalue weighted by molar-refractivity contribution is 0.669. The van der Waals surface area contributed by atoms with E-state index in [4.69, 9.17) is 20.9 Å². The Balaban J connectivity index is 1.46. The van der Waals surface area contributed by atoms with Crippen molar-refractivity contribution in [3.63, 3.8) is 0 Å². The summed E-state index contributed by atoms with van der Waals surface area (Å²) in [5.41, 5.74) is 2.03. The van der Waals surface area contributed by atoms with Crippen molar-refractivity contribution >= 4 is 43.5 Å². The summed E-state index contributed by atoms with van der Waals surface area (Å²) in [6.45, 7) is 0. The third kappa shape index (κ3) is 4.17. The van der Waals surface area contributed by atoms with Crippen molar-refractivity contribution in [3.8, 4) is 44.5 Å². The summed E-state index contributed by atoms with van der Waals surface area (Å²) in [5.74, 6) is 0. The molecule has 1 aromatic heterocycles. The molecule has 0 spiro atoms. The van der Waals surface area contributed by atoms with Gasteiger partial charge in [0.2, 0.25) is 0 Å². The van der Waals surface area contributed by atoms with Gasteiger partial charge in [0.15, 0.2) is 0 Å². The van der Waals surface area contributed by atoms with Crippen LogP contribution in [0.5, 0.6) is 0 Å². The molecule has 0 aliphatic heterocycles. The average Bonchev–Trinajstić information content (AvgIpc) is 3.62. The van der Waals surface area contributed by atoms with Crippen LogP contribution in [0.15, 0.2) is 174 Å². The van der Waals surface area contributed by atoms with E-state index in [1.54, 1.807) is 36.4 Å². The van der Waals surface area contributed by atoms with Crippen LogP contribution in [0.4, 0.5) is 0 Å². The van der Waals surface area contributed by atoms with Crippen LogP contribution in [0.25, 0.3) is 88.0 Å². The minimum atomic E-state index is -0.660. The maximum absolute atomic E-state index is 9.60. The summed E-state index contributed by atoms with van der Waals surface area (Å²) in [7, 11) is 0. The Morgan fingerprint density at radius 3 is 1.56 bits per heavy atom. The van der Waals surface area contributed by atoms with E-state index in [1.807, 2.05) is 48.5 Å². The van der Waals surface area contributed by atoms with Gasteiger partial charge in [-0.05, 0) is 90.3 Å². The molecule has 0 bridgehead atoms. The fourth-order valence-corrected chi connectivity index (χ4v) is 6.25. The van der Waals surface area contributed by atoms with Crippen LogP contribution >= 0.6 is 0 Å². The molecule has 0 aliphatic carbocycles. The van der Waals surface area contributed by atoms with Gasteiger partial charge in [-0.2, -0.15) is 0 Å². The summed E-state index contributed by atoms with van der Waals surface area (Å²) >= 11 is 0. The van der Waals surface area contributed by atoms with Gasteiger partial charge in [0.05, 0.1) is 19.2 Å². The predicted octanol–water partition coefficient (Wildman–Crippen LogP) is 12.6. The molecule has 0 N–H and O–H groups in total. The first-order valence-electron chi connectivity index (χ1n) is 21.3. The lowest BCUT2D eigenvalue weighted by Gasteiger charge is -2.19. The minimum absolute atomic E-state index is 0.0128. The fraction of sp³-hybridized carbons (Fsp3) is 0. The highest BCUT2D eigenvalue weighted by atomic mass is 16.3. The molecule has 9 aromatic rings. The van der Waals surface area contributed by atoms with Crippen LogP contribution in [0.2, 0.25) is 0 Å². The van der Waals surface area contributed by atoms with E-state index >= 15 is 0 Å². The molecule has 210 valence electrons. The Morgan fingerprint density at radius 2 is 0.911 bits per heavy atom. The van der Waals surface area contributed by atoms with Gasteiger partial charge in [-0.3, -0.25) is 0 Å². The Hall–Kier alpha value is -5.92. The van der Waals surface area contributed by atoms with Gasteiger partial charge < -0.3 is 4.42 Å². The third-order valence-electron chi connectivity index (χ3n) is 8.09. The molecule has 0 unspecified atom stereocenters. The molecule has 0 radical (unpaired) electrons. The fourth-order valence-electron chi connectivity index (χ4n) is 6.25. The van der Waals surface area contributed by atoms with Gasteiger partial charge in [-0.1, -0.05) is 145 Å². The van der Waals surface area contributed by atoms with Gasteiger partial charge in [-0.15, -0.1) is 0 Å². The van der Waals surface area contributed by atoms with Crippen LogP contribution in [0, 0.1) is 0 Å². The maximum atomic E-state index is 9.60. The lowest BCUT2D eigenvalue weighted by atomic mass is 9.83. The summed E-state index contributed by atoms with van der Waals surface area (Å²) < 4.78 is 128. The molecule has 1 heteroatoms. The number of rotatable bonds is 4. The van der Waals surface area contributed by atoms with E-state index in [1.165, 1.54) is 0 Å². The first-order valence-corrected chi connectivity index (χ1v) is 14.3. The Morgan fingerprint density at radius 1 is 0.400 bits per heavy atom.